The van der Waals surface area contributed by atoms with Gasteiger partial charge in [-0.3, -0.25) is 4.90 Å². The Morgan fingerprint density at radius 3 is 2.42 bits per heavy atom. The predicted molar refractivity (Wildman–Crippen MR) is 183 cm³/mol. The van der Waals surface area contributed by atoms with Crippen LogP contribution in [0.1, 0.15) is 56.4 Å². The fourth-order valence-electron chi connectivity index (χ4n) is 5.97. The second kappa shape index (κ2) is 17.1. The predicted octanol–water partition coefficient (Wildman–Crippen LogP) is 4.12. The molecule has 0 spiro atoms. The van der Waals surface area contributed by atoms with Gasteiger partial charge in [0.25, 0.3) is 0 Å². The van der Waals surface area contributed by atoms with Gasteiger partial charge in [-0.05, 0) is 108 Å². The van der Waals surface area contributed by atoms with Crippen molar-refractivity contribution in [1.29, 1.82) is 5.26 Å². The summed E-state index contributed by atoms with van der Waals surface area (Å²) in [5, 5.41) is 12.9. The van der Waals surface area contributed by atoms with Crippen molar-refractivity contribution >= 4 is 27.7 Å². The summed E-state index contributed by atoms with van der Waals surface area (Å²) < 4.78 is 51.0. The Hall–Kier alpha value is -2.96. The van der Waals surface area contributed by atoms with Gasteiger partial charge in [0.05, 0.1) is 49.0 Å². The number of likely N-dealkylation sites (N-methyl/N-ethyl adjacent to an activating group) is 1. The summed E-state index contributed by atoms with van der Waals surface area (Å²) in [7, 11) is 0.432. The maximum atomic E-state index is 12.9. The van der Waals surface area contributed by atoms with Crippen LogP contribution in [0.5, 0.6) is 5.75 Å². The molecular formula is C34H48ClN5O7S. The van der Waals surface area contributed by atoms with Gasteiger partial charge in [0, 0.05) is 30.7 Å². The van der Waals surface area contributed by atoms with Crippen molar-refractivity contribution in [3.8, 4) is 11.8 Å². The van der Waals surface area contributed by atoms with Crippen molar-refractivity contribution in [3.63, 3.8) is 0 Å². The van der Waals surface area contributed by atoms with Crippen LogP contribution in [0.4, 0.5) is 4.79 Å². The maximum absolute atomic E-state index is 12.9. The molecule has 0 aromatic heterocycles. The van der Waals surface area contributed by atoms with E-state index < -0.39 is 21.7 Å². The van der Waals surface area contributed by atoms with Gasteiger partial charge in [-0.1, -0.05) is 11.6 Å². The molecule has 48 heavy (non-hydrogen) atoms. The van der Waals surface area contributed by atoms with Gasteiger partial charge in [0.15, 0.2) is 0 Å². The summed E-state index contributed by atoms with van der Waals surface area (Å²) in [4.78, 5) is 16.4. The Labute approximate surface area is 289 Å². The van der Waals surface area contributed by atoms with Crippen molar-refractivity contribution in [3.05, 3.63) is 58.1 Å². The van der Waals surface area contributed by atoms with Crippen LogP contribution in [0.2, 0.25) is 5.02 Å². The van der Waals surface area contributed by atoms with Gasteiger partial charge < -0.3 is 29.2 Å². The van der Waals surface area contributed by atoms with Crippen molar-refractivity contribution in [2.24, 2.45) is 0 Å². The number of hydrogen-bond donors (Lipinski definition) is 2. The van der Waals surface area contributed by atoms with E-state index in [0.29, 0.717) is 48.6 Å². The van der Waals surface area contributed by atoms with Crippen LogP contribution in [0.25, 0.3) is 0 Å². The lowest BCUT2D eigenvalue weighted by atomic mass is 10.0. The van der Waals surface area contributed by atoms with Crippen molar-refractivity contribution < 1.29 is 32.2 Å². The molecule has 3 atom stereocenters. The highest BCUT2D eigenvalue weighted by molar-refractivity contribution is 7.89. The number of ether oxygens (including phenoxy) is 4. The number of carbonyl (C=O) groups excluding carboxylic acids is 1. The smallest absolute Gasteiger partial charge is 0.407 e. The number of likely N-dealkylation sites (tertiary alicyclic amines) is 1. The molecule has 264 valence electrons. The minimum absolute atomic E-state index is 0.0118. The lowest BCUT2D eigenvalue weighted by Crippen LogP contribution is -2.51. The average Bonchev–Trinajstić information content (AvgIpc) is 3.38. The van der Waals surface area contributed by atoms with Gasteiger partial charge in [-0.25, -0.2) is 17.9 Å². The first kappa shape index (κ1) is 37.9. The molecular weight excluding hydrogens is 658 g/mol. The molecule has 2 aromatic carbocycles. The number of nitrogens with one attached hydrogen (secondary N) is 2. The van der Waals surface area contributed by atoms with Gasteiger partial charge in [0.1, 0.15) is 17.5 Å². The molecule has 4 rings (SSSR count). The first-order chi connectivity index (χ1) is 22.8. The van der Waals surface area contributed by atoms with Crippen molar-refractivity contribution in [1.82, 2.24) is 19.8 Å². The Balaban J connectivity index is 1.27. The third-order valence-corrected chi connectivity index (χ3v) is 9.98. The lowest BCUT2D eigenvalue weighted by Gasteiger charge is -2.41. The number of piperidine rings is 1. The zero-order valence-electron chi connectivity index (χ0n) is 28.5. The van der Waals surface area contributed by atoms with E-state index in [1.165, 1.54) is 12.1 Å². The number of benzene rings is 2. The summed E-state index contributed by atoms with van der Waals surface area (Å²) >= 11 is 6.43. The summed E-state index contributed by atoms with van der Waals surface area (Å²) in [6.07, 6.45) is 2.01. The maximum Gasteiger partial charge on any atom is 0.407 e. The second-order valence-electron chi connectivity index (χ2n) is 13.2. The quantitative estimate of drug-likeness (QED) is 0.260. The molecule has 1 saturated heterocycles. The first-order valence-electron chi connectivity index (χ1n) is 16.3. The number of nitrogens with zero attached hydrogens (tertiary/aromatic N) is 3. The SMILES string of the molecule is CN(C)[C@@H]1CCCN([C@H]2Cc3c(C#N)cc(Cl)cc3[C@@H]2Oc2ccc(S(=O)(=O)NCCOCCOCCNC(=O)OC(C)(C)C)cc2)C1. The van der Waals surface area contributed by atoms with Gasteiger partial charge >= 0.3 is 6.09 Å². The summed E-state index contributed by atoms with van der Waals surface area (Å²) in [5.41, 5.74) is 1.86. The van der Waals surface area contributed by atoms with E-state index in [1.807, 2.05) is 6.07 Å². The number of halogens is 1. The topological polar surface area (TPSA) is 142 Å². The number of fused-ring (bicyclic) bond motifs is 1. The molecule has 0 unspecified atom stereocenters. The van der Waals surface area contributed by atoms with Crippen molar-refractivity contribution in [2.45, 2.75) is 68.7 Å². The molecule has 2 N–H and O–H groups in total. The van der Waals surface area contributed by atoms with Crippen LogP contribution in [0.15, 0.2) is 41.3 Å². The molecule has 0 bridgehead atoms. The highest BCUT2D eigenvalue weighted by Crippen LogP contribution is 2.42. The number of nitriles is 1. The summed E-state index contributed by atoms with van der Waals surface area (Å²) in [6.45, 7) is 8.64. The van der Waals surface area contributed by atoms with Gasteiger partial charge in [-0.15, -0.1) is 0 Å². The standard InChI is InChI=1S/C34H48ClN5O7S/c1-34(2,3)47-33(41)37-12-15-44-17-18-45-16-13-38-48(42,43)28-10-8-27(9-11-28)46-32-30-20-25(35)19-24(22-36)29(30)21-31(32)40-14-6-7-26(23-40)39(4)5/h8-11,19-20,26,31-32,38H,6-7,12-18,21,23H2,1-5H3,(H,37,41)/t26-,31+,32+/m1/s1. The second-order valence-corrected chi connectivity index (χ2v) is 15.4. The number of sulfonamides is 1. The minimum atomic E-state index is -3.77. The highest BCUT2D eigenvalue weighted by Gasteiger charge is 2.41. The zero-order chi connectivity index (χ0) is 34.9. The molecule has 1 amide bonds. The molecule has 1 aliphatic heterocycles. The van der Waals surface area contributed by atoms with E-state index in [2.05, 4.69) is 40.0 Å². The average molecular weight is 706 g/mol. The molecule has 2 aromatic rings. The van der Waals surface area contributed by atoms with E-state index in [9.17, 15) is 18.5 Å². The van der Waals surface area contributed by atoms with Crippen LogP contribution in [0.3, 0.4) is 0 Å². The fraction of sp³-hybridized carbons (Fsp3) is 0.588. The molecule has 12 nitrogen and oxygen atoms in total. The summed E-state index contributed by atoms with van der Waals surface area (Å²) in [5.74, 6) is 0.529. The van der Waals surface area contributed by atoms with E-state index in [0.717, 1.165) is 37.1 Å². The van der Waals surface area contributed by atoms with Crippen LogP contribution in [-0.2, 0) is 30.7 Å². The van der Waals surface area contributed by atoms with Crippen LogP contribution >= 0.6 is 11.6 Å². The minimum Gasteiger partial charge on any atom is -0.484 e. The van der Waals surface area contributed by atoms with Gasteiger partial charge in [0.2, 0.25) is 10.0 Å². The number of rotatable bonds is 15. The molecule has 1 aliphatic carbocycles. The van der Waals surface area contributed by atoms with Gasteiger partial charge in [-0.2, -0.15) is 5.26 Å². The molecule has 0 saturated carbocycles. The van der Waals surface area contributed by atoms with E-state index in [-0.39, 0.29) is 36.8 Å². The molecule has 1 fully saturated rings. The Bertz CT molecular complexity index is 1530. The summed E-state index contributed by atoms with van der Waals surface area (Å²) in [6, 6.07) is 12.7. The third-order valence-electron chi connectivity index (χ3n) is 8.29. The number of alkyl carbamates (subject to hydrolysis) is 1. The molecule has 1 heterocycles. The Morgan fingerprint density at radius 1 is 1.08 bits per heavy atom. The van der Waals surface area contributed by atoms with Crippen LogP contribution < -0.4 is 14.8 Å². The zero-order valence-corrected chi connectivity index (χ0v) is 30.0. The lowest BCUT2D eigenvalue weighted by molar-refractivity contribution is 0.0380. The number of amides is 1. The first-order valence-corrected chi connectivity index (χ1v) is 18.1. The van der Waals surface area contributed by atoms with E-state index >= 15 is 0 Å². The highest BCUT2D eigenvalue weighted by atomic mass is 35.5. The van der Waals surface area contributed by atoms with Crippen molar-refractivity contribution in [2.75, 3.05) is 66.7 Å². The normalized spacial score (nSPS) is 19.9. The third kappa shape index (κ3) is 10.8. The Kier molecular flexibility index (Phi) is 13.5. The van der Waals surface area contributed by atoms with E-state index in [1.54, 1.807) is 39.0 Å². The molecule has 0 radical (unpaired) electrons. The Morgan fingerprint density at radius 2 is 1.77 bits per heavy atom. The number of carbonyl (C=O) groups is 1. The fourth-order valence-corrected chi connectivity index (χ4v) is 7.21. The molecule has 2 aliphatic rings. The number of hydrogen-bond acceptors (Lipinski definition) is 10. The molecule has 14 heteroatoms. The van der Waals surface area contributed by atoms with E-state index in [4.69, 9.17) is 30.5 Å². The largest absolute Gasteiger partial charge is 0.484 e. The monoisotopic (exact) mass is 705 g/mol. The van der Waals surface area contributed by atoms with Crippen LogP contribution in [0, 0.1) is 11.3 Å². The van der Waals surface area contributed by atoms with Crippen LogP contribution in [-0.4, -0.2) is 109 Å².